The Hall–Kier alpha value is -0.970. The number of aliphatic imine (C=N–C) groups is 1. The number of aromatic hydroxyl groups is 1. The SMILES string of the molecule is CC(C)(C)S1(C(C)(C)C)C=C(c2ccccc2O)N=C1CN1CCCCC1.Cl. The Morgan fingerprint density at radius 1 is 0.964 bits per heavy atom. The Morgan fingerprint density at radius 2 is 1.54 bits per heavy atom. The first kappa shape index (κ1) is 23.3. The van der Waals surface area contributed by atoms with Crippen molar-refractivity contribution in [2.24, 2.45) is 4.99 Å². The van der Waals surface area contributed by atoms with Crippen molar-refractivity contribution in [3.05, 3.63) is 35.2 Å². The molecule has 158 valence electrons. The lowest BCUT2D eigenvalue weighted by molar-refractivity contribution is 0.259. The monoisotopic (exact) mass is 424 g/mol. The minimum atomic E-state index is -1.31. The lowest BCUT2D eigenvalue weighted by Gasteiger charge is -2.56. The normalized spacial score (nSPS) is 21.5. The highest BCUT2D eigenvalue weighted by Gasteiger charge is 2.50. The summed E-state index contributed by atoms with van der Waals surface area (Å²) < 4.78 is 0.206. The second-order valence-corrected chi connectivity index (χ2v) is 14.2. The molecule has 1 aromatic carbocycles. The lowest BCUT2D eigenvalue weighted by atomic mass is 10.1. The summed E-state index contributed by atoms with van der Waals surface area (Å²) in [6.07, 6.45) is 3.93. The Labute approximate surface area is 179 Å². The standard InChI is InChI=1S/C23H36N2OS.ClH/c1-22(2,3)27(23(4,5)6)17-19(18-12-8-9-13-20(18)26)24-21(27)16-25-14-10-7-11-15-25;/h8-9,12-13,17,26H,7,10-11,14-16H2,1-6H3;1H. The van der Waals surface area contributed by atoms with Crippen LogP contribution in [0, 0.1) is 0 Å². The predicted octanol–water partition coefficient (Wildman–Crippen LogP) is 6.41. The molecule has 0 atom stereocenters. The van der Waals surface area contributed by atoms with Crippen LogP contribution in [-0.2, 0) is 0 Å². The molecule has 3 nitrogen and oxygen atoms in total. The number of phenolic OH excluding ortho intramolecular Hbond substituents is 1. The Balaban J connectivity index is 0.00000280. The van der Waals surface area contributed by atoms with E-state index in [1.807, 2.05) is 18.2 Å². The first-order chi connectivity index (χ1) is 12.6. The largest absolute Gasteiger partial charge is 0.507 e. The second kappa shape index (κ2) is 8.41. The number of rotatable bonds is 3. The number of likely N-dealkylation sites (tertiary alicyclic amines) is 1. The van der Waals surface area contributed by atoms with Crippen LogP contribution in [0.15, 0.2) is 34.7 Å². The fourth-order valence-corrected chi connectivity index (χ4v) is 9.94. The Kier molecular flexibility index (Phi) is 7.00. The van der Waals surface area contributed by atoms with Gasteiger partial charge in [0.05, 0.1) is 10.7 Å². The molecule has 3 rings (SSSR count). The summed E-state index contributed by atoms with van der Waals surface area (Å²) in [6.45, 7) is 17.5. The first-order valence-corrected chi connectivity index (χ1v) is 11.9. The van der Waals surface area contributed by atoms with E-state index >= 15 is 0 Å². The summed E-state index contributed by atoms with van der Waals surface area (Å²) in [5.41, 5.74) is 1.82. The van der Waals surface area contributed by atoms with Gasteiger partial charge >= 0.3 is 0 Å². The average molecular weight is 425 g/mol. The molecule has 1 fully saturated rings. The summed E-state index contributed by atoms with van der Waals surface area (Å²) in [5.74, 6) is 0.322. The molecule has 2 aliphatic heterocycles. The number of para-hydroxylation sites is 1. The van der Waals surface area contributed by atoms with Gasteiger partial charge in [0.25, 0.3) is 0 Å². The third kappa shape index (κ3) is 4.15. The number of benzene rings is 1. The molecular formula is C23H37ClN2OS. The van der Waals surface area contributed by atoms with Crippen LogP contribution >= 0.6 is 22.4 Å². The van der Waals surface area contributed by atoms with Crippen molar-refractivity contribution in [1.29, 1.82) is 0 Å². The van der Waals surface area contributed by atoms with E-state index in [0.717, 1.165) is 17.8 Å². The maximum Gasteiger partial charge on any atom is 0.124 e. The van der Waals surface area contributed by atoms with E-state index in [1.165, 1.54) is 37.4 Å². The van der Waals surface area contributed by atoms with Crippen molar-refractivity contribution >= 4 is 33.2 Å². The summed E-state index contributed by atoms with van der Waals surface area (Å²) in [5, 5.41) is 14.2. The Bertz CT molecular complexity index is 739. The van der Waals surface area contributed by atoms with Gasteiger partial charge in [-0.1, -0.05) is 60.1 Å². The first-order valence-electron chi connectivity index (χ1n) is 10.2. The molecule has 28 heavy (non-hydrogen) atoms. The maximum atomic E-state index is 10.4. The van der Waals surface area contributed by atoms with Gasteiger partial charge in [0.15, 0.2) is 0 Å². The molecule has 0 spiro atoms. The van der Waals surface area contributed by atoms with Gasteiger partial charge in [0.2, 0.25) is 0 Å². The number of phenols is 1. The van der Waals surface area contributed by atoms with Crippen LogP contribution in [0.3, 0.4) is 0 Å². The molecule has 0 aliphatic carbocycles. The molecule has 2 aliphatic rings. The van der Waals surface area contributed by atoms with E-state index in [2.05, 4.69) is 51.9 Å². The van der Waals surface area contributed by atoms with Gasteiger partial charge in [-0.2, -0.15) is 10.0 Å². The molecule has 1 N–H and O–H groups in total. The molecule has 5 heteroatoms. The summed E-state index contributed by atoms with van der Waals surface area (Å²) in [4.78, 5) is 7.80. The third-order valence-electron chi connectivity index (χ3n) is 5.82. The number of hydrogen-bond donors (Lipinski definition) is 1. The highest BCUT2D eigenvalue weighted by atomic mass is 35.5. The highest BCUT2D eigenvalue weighted by Crippen LogP contribution is 2.73. The minimum Gasteiger partial charge on any atom is -0.507 e. The van der Waals surface area contributed by atoms with Crippen LogP contribution in [0.5, 0.6) is 5.75 Å². The molecule has 0 aromatic heterocycles. The summed E-state index contributed by atoms with van der Waals surface area (Å²) in [7, 11) is -1.31. The van der Waals surface area contributed by atoms with E-state index in [-0.39, 0.29) is 21.9 Å². The number of halogens is 1. The lowest BCUT2D eigenvalue weighted by Crippen LogP contribution is -2.45. The zero-order valence-corrected chi connectivity index (χ0v) is 19.9. The number of nitrogens with zero attached hydrogens (tertiary/aromatic N) is 2. The van der Waals surface area contributed by atoms with E-state index in [4.69, 9.17) is 4.99 Å². The van der Waals surface area contributed by atoms with Crippen molar-refractivity contribution in [2.45, 2.75) is 70.3 Å². The molecule has 0 amide bonds. The van der Waals surface area contributed by atoms with Crippen molar-refractivity contribution < 1.29 is 5.11 Å². The molecule has 0 unspecified atom stereocenters. The van der Waals surface area contributed by atoms with Gasteiger partial charge in [0, 0.05) is 21.6 Å². The van der Waals surface area contributed by atoms with E-state index < -0.39 is 10.0 Å². The minimum absolute atomic E-state index is 0. The fourth-order valence-electron chi connectivity index (χ4n) is 4.71. The van der Waals surface area contributed by atoms with Crippen molar-refractivity contribution in [3.8, 4) is 5.75 Å². The van der Waals surface area contributed by atoms with Crippen molar-refractivity contribution in [2.75, 3.05) is 19.6 Å². The topological polar surface area (TPSA) is 35.8 Å². The fraction of sp³-hybridized carbons (Fsp3) is 0.609. The van der Waals surface area contributed by atoms with Gasteiger partial charge in [-0.15, -0.1) is 12.4 Å². The van der Waals surface area contributed by atoms with Crippen molar-refractivity contribution in [3.63, 3.8) is 0 Å². The van der Waals surface area contributed by atoms with Crippen LogP contribution in [-0.4, -0.2) is 44.2 Å². The zero-order valence-electron chi connectivity index (χ0n) is 18.3. The molecule has 0 radical (unpaired) electrons. The smallest absolute Gasteiger partial charge is 0.124 e. The van der Waals surface area contributed by atoms with Gasteiger partial charge in [-0.3, -0.25) is 4.90 Å². The number of piperidine rings is 1. The molecule has 2 heterocycles. The second-order valence-electron chi connectivity index (χ2n) is 9.75. The van der Waals surface area contributed by atoms with Crippen LogP contribution in [0.2, 0.25) is 0 Å². The van der Waals surface area contributed by atoms with Crippen LogP contribution in [0.4, 0.5) is 0 Å². The van der Waals surface area contributed by atoms with E-state index in [1.54, 1.807) is 6.07 Å². The highest BCUT2D eigenvalue weighted by molar-refractivity contribution is 8.49. The molecule has 0 bridgehead atoms. The molecule has 1 aromatic rings. The molecule has 1 saturated heterocycles. The van der Waals surface area contributed by atoms with E-state index in [0.29, 0.717) is 5.75 Å². The van der Waals surface area contributed by atoms with Gasteiger partial charge in [-0.05, 0) is 43.5 Å². The maximum absolute atomic E-state index is 10.4. The zero-order chi connectivity index (χ0) is 19.9. The van der Waals surface area contributed by atoms with E-state index in [9.17, 15) is 5.11 Å². The number of hydrogen-bond acceptors (Lipinski definition) is 3. The quantitative estimate of drug-likeness (QED) is 0.608. The Morgan fingerprint density at radius 3 is 2.07 bits per heavy atom. The van der Waals surface area contributed by atoms with Gasteiger partial charge < -0.3 is 5.11 Å². The van der Waals surface area contributed by atoms with Gasteiger partial charge in [-0.25, -0.2) is 4.99 Å². The third-order valence-corrected chi connectivity index (χ3v) is 11.2. The van der Waals surface area contributed by atoms with Gasteiger partial charge in [0.1, 0.15) is 5.75 Å². The molecular weight excluding hydrogens is 388 g/mol. The predicted molar refractivity (Wildman–Crippen MR) is 128 cm³/mol. The molecule has 0 saturated carbocycles. The average Bonchev–Trinajstić information content (AvgIpc) is 2.96. The van der Waals surface area contributed by atoms with Crippen LogP contribution in [0.25, 0.3) is 5.70 Å². The van der Waals surface area contributed by atoms with Crippen LogP contribution < -0.4 is 0 Å². The summed E-state index contributed by atoms with van der Waals surface area (Å²) in [6, 6.07) is 7.61. The van der Waals surface area contributed by atoms with Crippen molar-refractivity contribution in [1.82, 2.24) is 4.90 Å². The summed E-state index contributed by atoms with van der Waals surface area (Å²) >= 11 is 0. The van der Waals surface area contributed by atoms with Crippen LogP contribution in [0.1, 0.15) is 66.4 Å².